The van der Waals surface area contributed by atoms with E-state index in [1.54, 1.807) is 17.8 Å². The number of anilines is 2. The number of nitrogens with one attached hydrogen (secondary N) is 1. The molecule has 3 aromatic rings. The molecule has 1 fully saturated rings. The monoisotopic (exact) mass is 415 g/mol. The molecule has 1 aliphatic heterocycles. The highest BCUT2D eigenvalue weighted by Gasteiger charge is 2.22. The van der Waals surface area contributed by atoms with Crippen LogP contribution in [0.2, 0.25) is 5.02 Å². The van der Waals surface area contributed by atoms with E-state index >= 15 is 0 Å². The Kier molecular flexibility index (Phi) is 5.68. The first-order chi connectivity index (χ1) is 13.7. The van der Waals surface area contributed by atoms with E-state index in [1.807, 2.05) is 30.3 Å². The van der Waals surface area contributed by atoms with Gasteiger partial charge in [-0.3, -0.25) is 10.1 Å². The quantitative estimate of drug-likeness (QED) is 0.681. The molecular formula is C19H18ClN5O2S. The van der Waals surface area contributed by atoms with Gasteiger partial charge in [0.05, 0.1) is 10.6 Å². The van der Waals surface area contributed by atoms with Gasteiger partial charge in [0.1, 0.15) is 23.2 Å². The SMILES string of the molecule is O=C(Nc1nncs1)c1ccc(N2CCC(Oc3ccccc3Cl)CC2)nc1. The van der Waals surface area contributed by atoms with Crippen LogP contribution in [0.3, 0.4) is 0 Å². The number of benzene rings is 1. The van der Waals surface area contributed by atoms with E-state index in [0.29, 0.717) is 15.7 Å². The van der Waals surface area contributed by atoms with Gasteiger partial charge in [-0.25, -0.2) is 4.98 Å². The molecule has 2 aromatic heterocycles. The number of amides is 1. The van der Waals surface area contributed by atoms with Crippen molar-refractivity contribution in [2.75, 3.05) is 23.3 Å². The van der Waals surface area contributed by atoms with Crippen LogP contribution in [0.1, 0.15) is 23.2 Å². The molecule has 1 amide bonds. The number of hydrogen-bond donors (Lipinski definition) is 1. The van der Waals surface area contributed by atoms with E-state index in [9.17, 15) is 4.79 Å². The van der Waals surface area contributed by atoms with Crippen LogP contribution in [0.15, 0.2) is 48.1 Å². The highest BCUT2D eigenvalue weighted by molar-refractivity contribution is 7.13. The van der Waals surface area contributed by atoms with Gasteiger partial charge in [0.15, 0.2) is 0 Å². The summed E-state index contributed by atoms with van der Waals surface area (Å²) >= 11 is 7.44. The molecule has 0 spiro atoms. The van der Waals surface area contributed by atoms with Gasteiger partial charge in [0, 0.05) is 32.1 Å². The molecule has 1 aliphatic rings. The Bertz CT molecular complexity index is 928. The number of aromatic nitrogens is 3. The van der Waals surface area contributed by atoms with Crippen molar-refractivity contribution >= 4 is 39.8 Å². The van der Waals surface area contributed by atoms with Crippen LogP contribution in [-0.4, -0.2) is 40.3 Å². The second-order valence-electron chi connectivity index (χ2n) is 6.34. The molecule has 0 aliphatic carbocycles. The third kappa shape index (κ3) is 4.40. The summed E-state index contributed by atoms with van der Waals surface area (Å²) in [6.45, 7) is 1.66. The van der Waals surface area contributed by atoms with Crippen molar-refractivity contribution in [3.8, 4) is 5.75 Å². The number of carbonyl (C=O) groups is 1. The average molecular weight is 416 g/mol. The maximum Gasteiger partial charge on any atom is 0.259 e. The van der Waals surface area contributed by atoms with Crippen LogP contribution >= 0.6 is 22.9 Å². The molecule has 0 unspecified atom stereocenters. The Balaban J connectivity index is 1.32. The predicted octanol–water partition coefficient (Wildman–Crippen LogP) is 3.89. The van der Waals surface area contributed by atoms with Crippen LogP contribution in [0.4, 0.5) is 10.9 Å². The molecule has 1 N–H and O–H groups in total. The van der Waals surface area contributed by atoms with Crippen LogP contribution in [0.5, 0.6) is 5.75 Å². The van der Waals surface area contributed by atoms with Gasteiger partial charge >= 0.3 is 0 Å². The highest BCUT2D eigenvalue weighted by atomic mass is 35.5. The third-order valence-electron chi connectivity index (χ3n) is 4.49. The van der Waals surface area contributed by atoms with Gasteiger partial charge in [-0.2, -0.15) is 0 Å². The first kappa shape index (κ1) is 18.6. The van der Waals surface area contributed by atoms with Crippen molar-refractivity contribution in [3.05, 3.63) is 58.7 Å². The molecule has 3 heterocycles. The first-order valence-electron chi connectivity index (χ1n) is 8.89. The molecule has 0 atom stereocenters. The van der Waals surface area contributed by atoms with Crippen molar-refractivity contribution in [2.45, 2.75) is 18.9 Å². The number of rotatable bonds is 5. The minimum atomic E-state index is -0.248. The summed E-state index contributed by atoms with van der Waals surface area (Å²) in [6.07, 6.45) is 3.48. The van der Waals surface area contributed by atoms with Crippen LogP contribution in [0.25, 0.3) is 0 Å². The smallest absolute Gasteiger partial charge is 0.259 e. The summed E-state index contributed by atoms with van der Waals surface area (Å²) < 4.78 is 6.03. The van der Waals surface area contributed by atoms with Crippen molar-refractivity contribution in [1.82, 2.24) is 15.2 Å². The second kappa shape index (κ2) is 8.53. The fourth-order valence-electron chi connectivity index (χ4n) is 3.03. The fraction of sp³-hybridized carbons (Fsp3) is 0.263. The molecule has 0 bridgehead atoms. The standard InChI is InChI=1S/C19H18ClN5O2S/c20-15-3-1-2-4-16(15)27-14-7-9-25(10-8-14)17-6-5-13(11-21-17)18(26)23-19-24-22-12-28-19/h1-6,11-12,14H,7-10H2,(H,23,24,26). The molecular weight excluding hydrogens is 398 g/mol. The Morgan fingerprint density at radius 1 is 1.21 bits per heavy atom. The molecule has 0 radical (unpaired) electrons. The van der Waals surface area contributed by atoms with Crippen molar-refractivity contribution in [3.63, 3.8) is 0 Å². The van der Waals surface area contributed by atoms with Crippen molar-refractivity contribution < 1.29 is 9.53 Å². The largest absolute Gasteiger partial charge is 0.489 e. The number of carbonyl (C=O) groups excluding carboxylic acids is 1. The number of ether oxygens (including phenoxy) is 1. The van der Waals surface area contributed by atoms with Gasteiger partial charge in [0.2, 0.25) is 5.13 Å². The van der Waals surface area contributed by atoms with Crippen LogP contribution < -0.4 is 15.0 Å². The summed E-state index contributed by atoms with van der Waals surface area (Å²) in [7, 11) is 0. The second-order valence-corrected chi connectivity index (χ2v) is 7.58. The third-order valence-corrected chi connectivity index (χ3v) is 5.41. The molecule has 7 nitrogen and oxygen atoms in total. The molecule has 0 saturated carbocycles. The number of piperidine rings is 1. The van der Waals surface area contributed by atoms with Crippen LogP contribution in [0, 0.1) is 0 Å². The predicted molar refractivity (Wildman–Crippen MR) is 109 cm³/mol. The number of nitrogens with zero attached hydrogens (tertiary/aromatic N) is 4. The van der Waals surface area contributed by atoms with E-state index in [0.717, 1.165) is 37.5 Å². The van der Waals surface area contributed by atoms with E-state index in [4.69, 9.17) is 16.3 Å². The lowest BCUT2D eigenvalue weighted by Crippen LogP contribution is -2.38. The summed E-state index contributed by atoms with van der Waals surface area (Å²) in [5.74, 6) is 1.33. The topological polar surface area (TPSA) is 80.2 Å². The zero-order valence-electron chi connectivity index (χ0n) is 14.9. The minimum Gasteiger partial charge on any atom is -0.489 e. The average Bonchev–Trinajstić information content (AvgIpc) is 3.23. The summed E-state index contributed by atoms with van der Waals surface area (Å²) in [5.41, 5.74) is 2.05. The zero-order chi connectivity index (χ0) is 19.3. The number of para-hydroxylation sites is 1. The van der Waals surface area contributed by atoms with Gasteiger partial charge in [-0.15, -0.1) is 10.2 Å². The van der Waals surface area contributed by atoms with Crippen LogP contribution in [-0.2, 0) is 0 Å². The number of pyridine rings is 1. The van der Waals surface area contributed by atoms with E-state index < -0.39 is 0 Å². The molecule has 9 heteroatoms. The molecule has 1 saturated heterocycles. The lowest BCUT2D eigenvalue weighted by molar-refractivity contribution is 0.102. The fourth-order valence-corrected chi connectivity index (χ4v) is 3.65. The zero-order valence-corrected chi connectivity index (χ0v) is 16.5. The summed E-state index contributed by atoms with van der Waals surface area (Å²) in [6, 6.07) is 11.2. The summed E-state index contributed by atoms with van der Waals surface area (Å²) in [4.78, 5) is 18.8. The van der Waals surface area contributed by atoms with E-state index in [2.05, 4.69) is 25.4 Å². The summed E-state index contributed by atoms with van der Waals surface area (Å²) in [5, 5.41) is 11.3. The van der Waals surface area contributed by atoms with E-state index in [-0.39, 0.29) is 12.0 Å². The van der Waals surface area contributed by atoms with Crippen molar-refractivity contribution in [2.24, 2.45) is 0 Å². The molecule has 28 heavy (non-hydrogen) atoms. The lowest BCUT2D eigenvalue weighted by atomic mass is 10.1. The van der Waals surface area contributed by atoms with Gasteiger partial charge in [0.25, 0.3) is 5.91 Å². The molecule has 4 rings (SSSR count). The Labute approximate surface area is 171 Å². The first-order valence-corrected chi connectivity index (χ1v) is 10.1. The van der Waals surface area contributed by atoms with Gasteiger partial charge in [-0.1, -0.05) is 35.1 Å². The van der Waals surface area contributed by atoms with Crippen molar-refractivity contribution in [1.29, 1.82) is 0 Å². The Morgan fingerprint density at radius 3 is 2.71 bits per heavy atom. The number of hydrogen-bond acceptors (Lipinski definition) is 7. The Morgan fingerprint density at radius 2 is 2.04 bits per heavy atom. The number of halogens is 1. The Hall–Kier alpha value is -2.71. The van der Waals surface area contributed by atoms with Gasteiger partial charge < -0.3 is 9.64 Å². The van der Waals surface area contributed by atoms with E-state index in [1.165, 1.54) is 11.3 Å². The van der Waals surface area contributed by atoms with Gasteiger partial charge in [-0.05, 0) is 24.3 Å². The molecule has 1 aromatic carbocycles. The maximum atomic E-state index is 12.2. The normalized spacial score (nSPS) is 14.7. The molecule has 144 valence electrons. The maximum absolute atomic E-state index is 12.2. The highest BCUT2D eigenvalue weighted by Crippen LogP contribution is 2.27. The minimum absolute atomic E-state index is 0.133. The lowest BCUT2D eigenvalue weighted by Gasteiger charge is -2.33.